The van der Waals surface area contributed by atoms with E-state index in [2.05, 4.69) is 21.2 Å². The van der Waals surface area contributed by atoms with Gasteiger partial charge >= 0.3 is 0 Å². The summed E-state index contributed by atoms with van der Waals surface area (Å²) in [6, 6.07) is 5.38. The summed E-state index contributed by atoms with van der Waals surface area (Å²) in [5.74, 6) is 0.142. The predicted octanol–water partition coefficient (Wildman–Crippen LogP) is 2.66. The van der Waals surface area contributed by atoms with E-state index >= 15 is 0 Å². The van der Waals surface area contributed by atoms with Gasteiger partial charge in [0.15, 0.2) is 5.78 Å². The number of hydrogen-bond acceptors (Lipinski definition) is 3. The molecule has 0 saturated carbocycles. The lowest BCUT2D eigenvalue weighted by atomic mass is 10.1. The molecule has 0 spiro atoms. The monoisotopic (exact) mass is 305 g/mol. The number of alkyl halides is 1. The predicted molar refractivity (Wildman–Crippen MR) is 69.4 cm³/mol. The van der Waals surface area contributed by atoms with Crippen LogP contribution < -0.4 is 5.32 Å². The van der Waals surface area contributed by atoms with Gasteiger partial charge in [0.1, 0.15) is 0 Å². The second-order valence-corrected chi connectivity index (χ2v) is 4.66. The van der Waals surface area contributed by atoms with E-state index in [1.54, 1.807) is 12.1 Å². The summed E-state index contributed by atoms with van der Waals surface area (Å²) in [5, 5.41) is 12.3. The topological polar surface area (TPSA) is 49.3 Å². The average molecular weight is 307 g/mol. The fourth-order valence-electron chi connectivity index (χ4n) is 1.24. The molecule has 88 valence electrons. The SMILES string of the molecule is CC(=O)c1cc(Br)ccc1NCC(O)CCl. The fraction of sp³-hybridized carbons (Fsp3) is 0.364. The lowest BCUT2D eigenvalue weighted by Crippen LogP contribution is -2.21. The van der Waals surface area contributed by atoms with Gasteiger partial charge in [-0.3, -0.25) is 4.79 Å². The first-order chi connectivity index (χ1) is 7.54. The number of Topliss-reactive ketones (excluding diaryl/α,β-unsaturated/α-hetero) is 1. The summed E-state index contributed by atoms with van der Waals surface area (Å²) in [7, 11) is 0. The molecule has 0 heterocycles. The fourth-order valence-corrected chi connectivity index (χ4v) is 1.71. The molecule has 0 fully saturated rings. The van der Waals surface area contributed by atoms with E-state index in [-0.39, 0.29) is 11.7 Å². The number of aliphatic hydroxyl groups excluding tert-OH is 1. The molecule has 0 bridgehead atoms. The molecule has 0 aliphatic carbocycles. The zero-order valence-electron chi connectivity index (χ0n) is 8.84. The van der Waals surface area contributed by atoms with Crippen LogP contribution in [0.1, 0.15) is 17.3 Å². The van der Waals surface area contributed by atoms with Gasteiger partial charge in [0.05, 0.1) is 12.0 Å². The van der Waals surface area contributed by atoms with Crippen LogP contribution in [0.3, 0.4) is 0 Å². The maximum absolute atomic E-state index is 11.4. The molecular formula is C11H13BrClNO2. The van der Waals surface area contributed by atoms with Crippen LogP contribution in [0.4, 0.5) is 5.69 Å². The Morgan fingerprint density at radius 1 is 1.62 bits per heavy atom. The maximum Gasteiger partial charge on any atom is 0.161 e. The first-order valence-corrected chi connectivity index (χ1v) is 6.15. The number of carbonyl (C=O) groups excluding carboxylic acids is 1. The number of halogens is 2. The normalized spacial score (nSPS) is 12.2. The van der Waals surface area contributed by atoms with Crippen molar-refractivity contribution in [3.63, 3.8) is 0 Å². The van der Waals surface area contributed by atoms with Crippen LogP contribution in [0.25, 0.3) is 0 Å². The molecule has 5 heteroatoms. The molecule has 1 aromatic carbocycles. The third-order valence-electron chi connectivity index (χ3n) is 2.07. The number of nitrogens with one attached hydrogen (secondary N) is 1. The highest BCUT2D eigenvalue weighted by molar-refractivity contribution is 9.10. The molecule has 0 radical (unpaired) electrons. The van der Waals surface area contributed by atoms with Crippen molar-refractivity contribution in [1.82, 2.24) is 0 Å². The first-order valence-electron chi connectivity index (χ1n) is 4.83. The van der Waals surface area contributed by atoms with Gasteiger partial charge in [0.2, 0.25) is 0 Å². The molecule has 3 nitrogen and oxygen atoms in total. The minimum Gasteiger partial charge on any atom is -0.390 e. The van der Waals surface area contributed by atoms with Crippen LogP contribution in [0.5, 0.6) is 0 Å². The van der Waals surface area contributed by atoms with Crippen LogP contribution in [0.2, 0.25) is 0 Å². The Balaban J connectivity index is 2.82. The van der Waals surface area contributed by atoms with Gasteiger partial charge in [-0.2, -0.15) is 0 Å². The molecule has 1 atom stereocenters. The number of carbonyl (C=O) groups is 1. The van der Waals surface area contributed by atoms with Crippen molar-refractivity contribution >= 4 is 39.0 Å². The summed E-state index contributed by atoms with van der Waals surface area (Å²) >= 11 is 8.79. The number of benzene rings is 1. The van der Waals surface area contributed by atoms with Crippen molar-refractivity contribution in [1.29, 1.82) is 0 Å². The summed E-state index contributed by atoms with van der Waals surface area (Å²) in [4.78, 5) is 11.4. The van der Waals surface area contributed by atoms with E-state index in [1.807, 2.05) is 6.07 Å². The summed E-state index contributed by atoms with van der Waals surface area (Å²) in [6.45, 7) is 1.83. The number of anilines is 1. The van der Waals surface area contributed by atoms with Gasteiger partial charge in [-0.1, -0.05) is 15.9 Å². The molecule has 0 saturated heterocycles. The molecule has 0 aromatic heterocycles. The highest BCUT2D eigenvalue weighted by atomic mass is 79.9. The van der Waals surface area contributed by atoms with E-state index in [4.69, 9.17) is 11.6 Å². The third kappa shape index (κ3) is 3.77. The summed E-state index contributed by atoms with van der Waals surface area (Å²) in [6.07, 6.45) is -0.620. The highest BCUT2D eigenvalue weighted by Crippen LogP contribution is 2.21. The molecule has 16 heavy (non-hydrogen) atoms. The van der Waals surface area contributed by atoms with E-state index in [0.717, 1.165) is 4.47 Å². The maximum atomic E-state index is 11.4. The third-order valence-corrected chi connectivity index (χ3v) is 2.92. The second-order valence-electron chi connectivity index (χ2n) is 3.44. The summed E-state index contributed by atoms with van der Waals surface area (Å²) in [5.41, 5.74) is 1.30. The zero-order chi connectivity index (χ0) is 12.1. The summed E-state index contributed by atoms with van der Waals surface area (Å²) < 4.78 is 0.848. The van der Waals surface area contributed by atoms with Crippen molar-refractivity contribution in [2.75, 3.05) is 17.7 Å². The molecule has 0 aliphatic heterocycles. The number of rotatable bonds is 5. The lowest BCUT2D eigenvalue weighted by molar-refractivity contribution is 0.101. The van der Waals surface area contributed by atoms with E-state index < -0.39 is 6.10 Å². The Kier molecular flexibility index (Phi) is 5.25. The number of ketones is 1. The standard InChI is InChI=1S/C11H13BrClNO2/c1-7(15)10-4-8(12)2-3-11(10)14-6-9(16)5-13/h2-4,9,14,16H,5-6H2,1H3. The van der Waals surface area contributed by atoms with Gasteiger partial charge < -0.3 is 10.4 Å². The second kappa shape index (κ2) is 6.23. The molecule has 0 amide bonds. The van der Waals surface area contributed by atoms with E-state index in [1.165, 1.54) is 6.92 Å². The number of aliphatic hydroxyl groups is 1. The highest BCUT2D eigenvalue weighted by Gasteiger charge is 2.09. The van der Waals surface area contributed by atoms with Gasteiger partial charge in [0.25, 0.3) is 0 Å². The number of hydrogen-bond donors (Lipinski definition) is 2. The Morgan fingerprint density at radius 3 is 2.88 bits per heavy atom. The van der Waals surface area contributed by atoms with Gasteiger partial charge in [-0.25, -0.2) is 0 Å². The molecule has 2 N–H and O–H groups in total. The Bertz CT molecular complexity index is 384. The molecule has 1 aromatic rings. The van der Waals surface area contributed by atoms with Gasteiger partial charge in [0, 0.05) is 22.3 Å². The molecule has 1 rings (SSSR count). The Morgan fingerprint density at radius 2 is 2.31 bits per heavy atom. The van der Waals surface area contributed by atoms with Gasteiger partial charge in [-0.05, 0) is 25.1 Å². The van der Waals surface area contributed by atoms with E-state index in [0.29, 0.717) is 17.8 Å². The van der Waals surface area contributed by atoms with Crippen molar-refractivity contribution in [3.05, 3.63) is 28.2 Å². The smallest absolute Gasteiger partial charge is 0.161 e. The largest absolute Gasteiger partial charge is 0.390 e. The van der Waals surface area contributed by atoms with Crippen LogP contribution in [0.15, 0.2) is 22.7 Å². The van der Waals surface area contributed by atoms with Crippen molar-refractivity contribution in [3.8, 4) is 0 Å². The molecule has 1 unspecified atom stereocenters. The minimum atomic E-state index is -0.620. The van der Waals surface area contributed by atoms with Crippen molar-refractivity contribution in [2.24, 2.45) is 0 Å². The Hall–Kier alpha value is -0.580. The zero-order valence-corrected chi connectivity index (χ0v) is 11.2. The first kappa shape index (κ1) is 13.5. The van der Waals surface area contributed by atoms with Crippen molar-refractivity contribution in [2.45, 2.75) is 13.0 Å². The molecule has 0 aliphatic rings. The lowest BCUT2D eigenvalue weighted by Gasteiger charge is -2.13. The van der Waals surface area contributed by atoms with Gasteiger partial charge in [-0.15, -0.1) is 11.6 Å². The van der Waals surface area contributed by atoms with Crippen LogP contribution >= 0.6 is 27.5 Å². The van der Waals surface area contributed by atoms with Crippen LogP contribution in [-0.4, -0.2) is 29.4 Å². The Labute approximate surface area is 108 Å². The quantitative estimate of drug-likeness (QED) is 0.649. The average Bonchev–Trinajstić information content (AvgIpc) is 2.26. The van der Waals surface area contributed by atoms with Crippen molar-refractivity contribution < 1.29 is 9.90 Å². The van der Waals surface area contributed by atoms with Crippen LogP contribution in [0, 0.1) is 0 Å². The molecular weight excluding hydrogens is 293 g/mol. The minimum absolute atomic E-state index is 0.0239. The van der Waals surface area contributed by atoms with E-state index in [9.17, 15) is 9.90 Å². The van der Waals surface area contributed by atoms with Crippen LogP contribution in [-0.2, 0) is 0 Å².